The SMILES string of the molecule is COC(=O)c1c(C)[nH]c(C(=O)N2CCN(C(C)c3ccccc3Cl)CC2)c1C. The summed E-state index contributed by atoms with van der Waals surface area (Å²) in [6, 6.07) is 8.06. The minimum Gasteiger partial charge on any atom is -0.465 e. The summed E-state index contributed by atoms with van der Waals surface area (Å²) in [5, 5.41) is 0.765. The highest BCUT2D eigenvalue weighted by Gasteiger charge is 2.29. The van der Waals surface area contributed by atoms with Crippen LogP contribution in [0.25, 0.3) is 0 Å². The lowest BCUT2D eigenvalue weighted by Gasteiger charge is -2.38. The number of rotatable bonds is 4. The first-order valence-electron chi connectivity index (χ1n) is 9.40. The summed E-state index contributed by atoms with van der Waals surface area (Å²) in [7, 11) is 1.34. The van der Waals surface area contributed by atoms with Gasteiger partial charge in [-0.15, -0.1) is 0 Å². The third kappa shape index (κ3) is 3.80. The van der Waals surface area contributed by atoms with Gasteiger partial charge in [0.25, 0.3) is 5.91 Å². The quantitative estimate of drug-likeness (QED) is 0.792. The fourth-order valence-electron chi connectivity index (χ4n) is 3.85. The van der Waals surface area contributed by atoms with Gasteiger partial charge in [-0.05, 0) is 38.0 Å². The number of esters is 1. The first-order chi connectivity index (χ1) is 13.3. The second-order valence-corrected chi connectivity index (χ2v) is 7.55. The van der Waals surface area contributed by atoms with Gasteiger partial charge in [0, 0.05) is 42.9 Å². The summed E-state index contributed by atoms with van der Waals surface area (Å²) in [6.45, 7) is 8.47. The zero-order valence-corrected chi connectivity index (χ0v) is 17.5. The molecule has 1 saturated heterocycles. The van der Waals surface area contributed by atoms with Gasteiger partial charge >= 0.3 is 5.97 Å². The largest absolute Gasteiger partial charge is 0.465 e. The molecule has 0 radical (unpaired) electrons. The highest BCUT2D eigenvalue weighted by Crippen LogP contribution is 2.28. The topological polar surface area (TPSA) is 65.6 Å². The molecule has 28 heavy (non-hydrogen) atoms. The van der Waals surface area contributed by atoms with Gasteiger partial charge in [0.2, 0.25) is 0 Å². The minimum atomic E-state index is -0.427. The molecule has 1 aromatic carbocycles. The minimum absolute atomic E-state index is 0.0826. The molecule has 1 N–H and O–H groups in total. The number of carbonyl (C=O) groups excluding carboxylic acids is 2. The zero-order chi connectivity index (χ0) is 20.4. The highest BCUT2D eigenvalue weighted by molar-refractivity contribution is 6.31. The first kappa shape index (κ1) is 20.4. The number of amides is 1. The Bertz CT molecular complexity index is 885. The van der Waals surface area contributed by atoms with Gasteiger partial charge in [-0.1, -0.05) is 29.8 Å². The molecular formula is C21H26ClN3O3. The second-order valence-electron chi connectivity index (χ2n) is 7.14. The molecule has 0 spiro atoms. The van der Waals surface area contributed by atoms with Crippen LogP contribution in [-0.4, -0.2) is 59.9 Å². The van der Waals surface area contributed by atoms with E-state index in [0.717, 1.165) is 23.7 Å². The fraction of sp³-hybridized carbons (Fsp3) is 0.429. The number of nitrogens with zero attached hydrogens (tertiary/aromatic N) is 2. The van der Waals surface area contributed by atoms with Crippen molar-refractivity contribution in [2.75, 3.05) is 33.3 Å². The van der Waals surface area contributed by atoms with Crippen LogP contribution in [0.2, 0.25) is 5.02 Å². The lowest BCUT2D eigenvalue weighted by atomic mass is 10.1. The number of methoxy groups -OCH3 is 1. The van der Waals surface area contributed by atoms with Crippen molar-refractivity contribution in [2.24, 2.45) is 0 Å². The summed E-state index contributed by atoms with van der Waals surface area (Å²) < 4.78 is 4.83. The van der Waals surface area contributed by atoms with Crippen molar-refractivity contribution in [3.05, 3.63) is 57.4 Å². The summed E-state index contributed by atoms with van der Waals surface area (Å²) in [6.07, 6.45) is 0. The van der Waals surface area contributed by atoms with Crippen molar-refractivity contribution < 1.29 is 14.3 Å². The molecule has 3 rings (SSSR count). The molecule has 150 valence electrons. The molecule has 1 aliphatic rings. The van der Waals surface area contributed by atoms with Gasteiger partial charge in [0.05, 0.1) is 12.7 Å². The Morgan fingerprint density at radius 2 is 1.79 bits per heavy atom. The number of benzene rings is 1. The Kier molecular flexibility index (Phi) is 6.10. The van der Waals surface area contributed by atoms with E-state index in [9.17, 15) is 9.59 Å². The number of aromatic nitrogens is 1. The van der Waals surface area contributed by atoms with Gasteiger partial charge < -0.3 is 14.6 Å². The maximum Gasteiger partial charge on any atom is 0.339 e. The van der Waals surface area contributed by atoms with Crippen LogP contribution in [0.3, 0.4) is 0 Å². The van der Waals surface area contributed by atoms with Gasteiger partial charge in [-0.25, -0.2) is 4.79 Å². The predicted octanol–water partition coefficient (Wildman–Crippen LogP) is 3.59. The van der Waals surface area contributed by atoms with E-state index < -0.39 is 5.97 Å². The summed E-state index contributed by atoms with van der Waals surface area (Å²) in [4.78, 5) is 32.2. The number of carbonyl (C=O) groups is 2. The van der Waals surface area contributed by atoms with E-state index in [1.807, 2.05) is 29.2 Å². The smallest absolute Gasteiger partial charge is 0.339 e. The number of ether oxygens (including phenoxy) is 1. The average Bonchev–Trinajstić information content (AvgIpc) is 3.01. The van der Waals surface area contributed by atoms with Crippen LogP contribution in [0.4, 0.5) is 0 Å². The van der Waals surface area contributed by atoms with Crippen LogP contribution in [0, 0.1) is 13.8 Å². The van der Waals surface area contributed by atoms with E-state index in [4.69, 9.17) is 16.3 Å². The molecule has 1 unspecified atom stereocenters. The maximum atomic E-state index is 13.0. The van der Waals surface area contributed by atoms with Crippen molar-refractivity contribution >= 4 is 23.5 Å². The molecule has 2 aromatic rings. The van der Waals surface area contributed by atoms with Crippen molar-refractivity contribution in [3.63, 3.8) is 0 Å². The van der Waals surface area contributed by atoms with Gasteiger partial charge in [0.1, 0.15) is 5.69 Å². The molecule has 1 atom stereocenters. The average molecular weight is 404 g/mol. The number of aromatic amines is 1. The number of halogens is 1. The third-order valence-electron chi connectivity index (χ3n) is 5.55. The van der Waals surface area contributed by atoms with Crippen LogP contribution in [0.5, 0.6) is 0 Å². The molecule has 0 saturated carbocycles. The lowest BCUT2D eigenvalue weighted by Crippen LogP contribution is -2.49. The Labute approximate surface area is 170 Å². The van der Waals surface area contributed by atoms with E-state index in [-0.39, 0.29) is 11.9 Å². The van der Waals surface area contributed by atoms with E-state index in [1.165, 1.54) is 7.11 Å². The molecule has 7 heteroatoms. The molecule has 1 fully saturated rings. The number of piperazine rings is 1. The van der Waals surface area contributed by atoms with Crippen LogP contribution < -0.4 is 0 Å². The number of hydrogen-bond acceptors (Lipinski definition) is 4. The first-order valence-corrected chi connectivity index (χ1v) is 9.78. The van der Waals surface area contributed by atoms with Crippen LogP contribution >= 0.6 is 11.6 Å². The monoisotopic (exact) mass is 403 g/mol. The molecule has 0 bridgehead atoms. The molecule has 1 aliphatic heterocycles. The number of nitrogens with one attached hydrogen (secondary N) is 1. The zero-order valence-electron chi connectivity index (χ0n) is 16.7. The highest BCUT2D eigenvalue weighted by atomic mass is 35.5. The number of hydrogen-bond donors (Lipinski definition) is 1. The molecular weight excluding hydrogens is 378 g/mol. The predicted molar refractivity (Wildman–Crippen MR) is 109 cm³/mol. The van der Waals surface area contributed by atoms with Gasteiger partial charge in [-0.2, -0.15) is 0 Å². The van der Waals surface area contributed by atoms with Crippen molar-refractivity contribution in [2.45, 2.75) is 26.8 Å². The van der Waals surface area contributed by atoms with E-state index in [1.54, 1.807) is 13.8 Å². The van der Waals surface area contributed by atoms with Crippen LogP contribution in [0.1, 0.15) is 50.6 Å². The number of H-pyrrole nitrogens is 1. The van der Waals surface area contributed by atoms with Crippen molar-refractivity contribution in [3.8, 4) is 0 Å². The summed E-state index contributed by atoms with van der Waals surface area (Å²) in [5.74, 6) is -0.510. The van der Waals surface area contributed by atoms with Gasteiger partial charge in [-0.3, -0.25) is 9.69 Å². The van der Waals surface area contributed by atoms with Gasteiger partial charge in [0.15, 0.2) is 0 Å². The lowest BCUT2D eigenvalue weighted by molar-refractivity contribution is 0.0576. The standard InChI is InChI=1S/C21H26ClN3O3/c1-13-18(21(27)28-4)14(2)23-19(13)20(26)25-11-9-24(10-12-25)15(3)16-7-5-6-8-17(16)22/h5-8,15,23H,9-12H2,1-4H3. The molecule has 6 nitrogen and oxygen atoms in total. The van der Waals surface area contributed by atoms with E-state index >= 15 is 0 Å². The van der Waals surface area contributed by atoms with Crippen molar-refractivity contribution in [1.82, 2.24) is 14.8 Å². The Morgan fingerprint density at radius 3 is 2.39 bits per heavy atom. The summed E-state index contributed by atoms with van der Waals surface area (Å²) >= 11 is 6.34. The third-order valence-corrected chi connectivity index (χ3v) is 5.89. The normalized spacial score (nSPS) is 16.1. The second kappa shape index (κ2) is 8.37. The summed E-state index contributed by atoms with van der Waals surface area (Å²) in [5.41, 5.74) is 3.30. The fourth-order valence-corrected chi connectivity index (χ4v) is 4.15. The number of aryl methyl sites for hydroxylation is 1. The molecule has 1 amide bonds. The van der Waals surface area contributed by atoms with Crippen LogP contribution in [-0.2, 0) is 4.74 Å². The van der Waals surface area contributed by atoms with Crippen molar-refractivity contribution in [1.29, 1.82) is 0 Å². The Morgan fingerprint density at radius 1 is 1.14 bits per heavy atom. The molecule has 0 aliphatic carbocycles. The maximum absolute atomic E-state index is 13.0. The Balaban J connectivity index is 1.69. The van der Waals surface area contributed by atoms with E-state index in [0.29, 0.717) is 35.6 Å². The van der Waals surface area contributed by atoms with Crippen LogP contribution in [0.15, 0.2) is 24.3 Å². The molecule has 1 aromatic heterocycles. The van der Waals surface area contributed by atoms with E-state index in [2.05, 4.69) is 16.8 Å². The Hall–Kier alpha value is -2.31. The molecule has 2 heterocycles.